The van der Waals surface area contributed by atoms with Gasteiger partial charge in [0, 0.05) is 51.0 Å². The summed E-state index contributed by atoms with van der Waals surface area (Å²) in [5, 5.41) is 0. The molecule has 35 heavy (non-hydrogen) atoms. The molecule has 4 nitrogen and oxygen atoms in total. The molecule has 0 bridgehead atoms. The molecule has 1 heterocycles. The molecule has 2 aromatic rings. The van der Waals surface area contributed by atoms with Gasteiger partial charge in [-0.05, 0) is 79.6 Å². The number of hydrogen-bond acceptors (Lipinski definition) is 3. The molecule has 2 fully saturated rings. The van der Waals surface area contributed by atoms with Gasteiger partial charge < -0.3 is 4.90 Å². The largest absolute Gasteiger partial charge is 0.337 e. The third-order valence-electron chi connectivity index (χ3n) is 7.67. The molecule has 0 aromatic heterocycles. The number of halogens is 2. The van der Waals surface area contributed by atoms with Crippen LogP contribution in [0.25, 0.3) is 0 Å². The zero-order valence-corrected chi connectivity index (χ0v) is 20.9. The molecule has 2 aromatic carbocycles. The maximum atomic E-state index is 14.5. The van der Waals surface area contributed by atoms with Crippen molar-refractivity contribution in [3.8, 4) is 0 Å². The maximum Gasteiger partial charge on any atom is 0.226 e. The summed E-state index contributed by atoms with van der Waals surface area (Å²) < 4.78 is 27.6. The predicted octanol–water partition coefficient (Wildman–Crippen LogP) is 5.24. The van der Waals surface area contributed by atoms with Crippen LogP contribution in [0.3, 0.4) is 0 Å². The van der Waals surface area contributed by atoms with Gasteiger partial charge in [-0.2, -0.15) is 0 Å². The van der Waals surface area contributed by atoms with Crippen molar-refractivity contribution in [2.24, 2.45) is 5.92 Å². The number of carbonyl (C=O) groups is 2. The average molecular weight is 483 g/mol. The minimum absolute atomic E-state index is 0.0432. The first-order chi connectivity index (χ1) is 16.8. The van der Waals surface area contributed by atoms with E-state index in [-0.39, 0.29) is 35.8 Å². The Hall–Kier alpha value is -2.60. The Balaban J connectivity index is 1.34. The number of ketones is 1. The van der Waals surface area contributed by atoms with Gasteiger partial charge >= 0.3 is 0 Å². The van der Waals surface area contributed by atoms with Crippen molar-refractivity contribution in [3.05, 3.63) is 70.3 Å². The van der Waals surface area contributed by atoms with Crippen LogP contribution < -0.4 is 0 Å². The SMILES string of the molecule is Cc1c(CC(=O)CCc2ccc(F)cc2)cc(F)cc1CN1CCN(C(=O)C2CCCC2)[C@@H](C)C1. The summed E-state index contributed by atoms with van der Waals surface area (Å²) in [7, 11) is 0. The molecule has 0 N–H and O–H groups in total. The summed E-state index contributed by atoms with van der Waals surface area (Å²) in [5.41, 5.74) is 3.50. The monoisotopic (exact) mass is 482 g/mol. The van der Waals surface area contributed by atoms with Gasteiger partial charge in [-0.15, -0.1) is 0 Å². The molecule has 1 saturated carbocycles. The molecule has 0 radical (unpaired) electrons. The third-order valence-corrected chi connectivity index (χ3v) is 7.67. The number of aryl methyl sites for hydroxylation is 1. The quantitative estimate of drug-likeness (QED) is 0.517. The van der Waals surface area contributed by atoms with E-state index in [0.717, 1.165) is 61.0 Å². The van der Waals surface area contributed by atoms with Crippen molar-refractivity contribution < 1.29 is 18.4 Å². The van der Waals surface area contributed by atoms with Crippen LogP contribution in [0.15, 0.2) is 36.4 Å². The zero-order valence-electron chi connectivity index (χ0n) is 20.9. The van der Waals surface area contributed by atoms with Gasteiger partial charge in [0.2, 0.25) is 5.91 Å². The van der Waals surface area contributed by atoms with Gasteiger partial charge in [0.05, 0.1) is 0 Å². The van der Waals surface area contributed by atoms with Gasteiger partial charge in [0.25, 0.3) is 0 Å². The van der Waals surface area contributed by atoms with Crippen molar-refractivity contribution in [2.75, 3.05) is 19.6 Å². The van der Waals surface area contributed by atoms with E-state index in [1.165, 1.54) is 18.2 Å². The highest BCUT2D eigenvalue weighted by molar-refractivity contribution is 5.81. The van der Waals surface area contributed by atoms with E-state index >= 15 is 0 Å². The molecule has 188 valence electrons. The molecule has 4 rings (SSSR count). The van der Waals surface area contributed by atoms with Gasteiger partial charge in [0.15, 0.2) is 0 Å². The van der Waals surface area contributed by atoms with Crippen molar-refractivity contribution in [2.45, 2.75) is 71.4 Å². The number of amides is 1. The highest BCUT2D eigenvalue weighted by Gasteiger charge is 2.33. The molecule has 0 spiro atoms. The van der Waals surface area contributed by atoms with Crippen LogP contribution in [0.5, 0.6) is 0 Å². The van der Waals surface area contributed by atoms with Gasteiger partial charge in [-0.3, -0.25) is 14.5 Å². The Kier molecular flexibility index (Phi) is 8.32. The summed E-state index contributed by atoms with van der Waals surface area (Å²) >= 11 is 0. The van der Waals surface area contributed by atoms with E-state index in [9.17, 15) is 18.4 Å². The fraction of sp³-hybridized carbons (Fsp3) is 0.517. The fourth-order valence-corrected chi connectivity index (χ4v) is 5.53. The zero-order chi connectivity index (χ0) is 24.9. The number of piperazine rings is 1. The second-order valence-corrected chi connectivity index (χ2v) is 10.3. The lowest BCUT2D eigenvalue weighted by Gasteiger charge is -2.41. The summed E-state index contributed by atoms with van der Waals surface area (Å²) in [5.74, 6) is -0.0773. The van der Waals surface area contributed by atoms with Crippen LogP contribution >= 0.6 is 0 Å². The molecular formula is C29H36F2N2O2. The molecular weight excluding hydrogens is 446 g/mol. The van der Waals surface area contributed by atoms with Gasteiger partial charge in [-0.1, -0.05) is 25.0 Å². The molecule has 1 saturated heterocycles. The van der Waals surface area contributed by atoms with E-state index in [0.29, 0.717) is 31.8 Å². The van der Waals surface area contributed by atoms with Crippen LogP contribution in [0.1, 0.15) is 61.3 Å². The third kappa shape index (κ3) is 6.54. The second-order valence-electron chi connectivity index (χ2n) is 10.3. The summed E-state index contributed by atoms with van der Waals surface area (Å²) in [4.78, 5) is 29.8. The number of Topliss-reactive ketones (excluding diaryl/α,β-unsaturated/α-hetero) is 1. The smallest absolute Gasteiger partial charge is 0.226 e. The Bertz CT molecular complexity index is 1050. The first-order valence-corrected chi connectivity index (χ1v) is 12.9. The molecule has 1 atom stereocenters. The Morgan fingerprint density at radius 3 is 2.34 bits per heavy atom. The summed E-state index contributed by atoms with van der Waals surface area (Å²) in [6.07, 6.45) is 5.41. The maximum absolute atomic E-state index is 14.5. The van der Waals surface area contributed by atoms with E-state index in [2.05, 4.69) is 11.8 Å². The standard InChI is InChI=1S/C29H36F2N2O2/c1-20-18-32(13-14-33(20)29(35)23-5-3-4-6-23)19-25-16-27(31)15-24(21(25)2)17-28(34)12-9-22-7-10-26(30)11-8-22/h7-8,10-11,15-16,20,23H,3-6,9,12-14,17-19H2,1-2H3/t20-/m0/s1. The fourth-order valence-electron chi connectivity index (χ4n) is 5.53. The lowest BCUT2D eigenvalue weighted by atomic mass is 9.95. The molecule has 1 aliphatic carbocycles. The Morgan fingerprint density at radius 1 is 0.971 bits per heavy atom. The van der Waals surface area contributed by atoms with Gasteiger partial charge in [-0.25, -0.2) is 8.78 Å². The Labute approximate surface area is 207 Å². The van der Waals surface area contributed by atoms with Crippen LogP contribution in [0.2, 0.25) is 0 Å². The topological polar surface area (TPSA) is 40.6 Å². The van der Waals surface area contributed by atoms with Gasteiger partial charge in [0.1, 0.15) is 17.4 Å². The first kappa shape index (κ1) is 25.5. The van der Waals surface area contributed by atoms with Crippen LogP contribution in [0.4, 0.5) is 8.78 Å². The molecule has 0 unspecified atom stereocenters. The molecule has 1 amide bonds. The van der Waals surface area contributed by atoms with Crippen LogP contribution in [-0.4, -0.2) is 47.2 Å². The van der Waals surface area contributed by atoms with Crippen molar-refractivity contribution in [1.82, 2.24) is 9.80 Å². The highest BCUT2D eigenvalue weighted by Crippen LogP contribution is 2.28. The van der Waals surface area contributed by atoms with Crippen molar-refractivity contribution >= 4 is 11.7 Å². The number of benzene rings is 2. The minimum Gasteiger partial charge on any atom is -0.337 e. The number of hydrogen-bond donors (Lipinski definition) is 0. The number of rotatable bonds is 8. The van der Waals surface area contributed by atoms with Crippen LogP contribution in [0, 0.1) is 24.5 Å². The van der Waals surface area contributed by atoms with Crippen molar-refractivity contribution in [3.63, 3.8) is 0 Å². The molecule has 6 heteroatoms. The first-order valence-electron chi connectivity index (χ1n) is 12.9. The lowest BCUT2D eigenvalue weighted by molar-refractivity contribution is -0.140. The predicted molar refractivity (Wildman–Crippen MR) is 133 cm³/mol. The lowest BCUT2D eigenvalue weighted by Crippen LogP contribution is -2.54. The van der Waals surface area contributed by atoms with E-state index in [1.54, 1.807) is 18.2 Å². The van der Waals surface area contributed by atoms with E-state index in [1.807, 2.05) is 11.8 Å². The van der Waals surface area contributed by atoms with Crippen LogP contribution in [-0.2, 0) is 29.0 Å². The Morgan fingerprint density at radius 2 is 1.66 bits per heavy atom. The number of carbonyl (C=O) groups excluding carboxylic acids is 2. The minimum atomic E-state index is -0.324. The van der Waals surface area contributed by atoms with E-state index < -0.39 is 0 Å². The number of nitrogens with zero attached hydrogens (tertiary/aromatic N) is 2. The summed E-state index contributed by atoms with van der Waals surface area (Å²) in [6, 6.07) is 9.35. The second kappa shape index (κ2) is 11.4. The molecule has 1 aliphatic heterocycles. The molecule has 2 aliphatic rings. The van der Waals surface area contributed by atoms with E-state index in [4.69, 9.17) is 0 Å². The average Bonchev–Trinajstić information content (AvgIpc) is 3.36. The normalized spacial score (nSPS) is 19.3. The highest BCUT2D eigenvalue weighted by atomic mass is 19.1. The van der Waals surface area contributed by atoms with Crippen molar-refractivity contribution in [1.29, 1.82) is 0 Å². The summed E-state index contributed by atoms with van der Waals surface area (Å²) in [6.45, 7) is 6.91.